The predicted octanol–water partition coefficient (Wildman–Crippen LogP) is 26.3. The number of fused-ring (bicyclic) bond motifs is 1. The molecule has 4 bridgehead atoms. The second kappa shape index (κ2) is 50.2. The third kappa shape index (κ3) is 31.1. The van der Waals surface area contributed by atoms with E-state index in [9.17, 15) is 25.9 Å². The maximum atomic E-state index is 11.5. The van der Waals surface area contributed by atoms with Crippen molar-refractivity contribution in [3.8, 4) is 0 Å². The molecule has 12 aromatic rings. The van der Waals surface area contributed by atoms with Crippen LogP contribution >= 0.6 is 0 Å². The number of hydrogen-bond donors (Lipinski definition) is 1. The van der Waals surface area contributed by atoms with E-state index in [2.05, 4.69) is 388 Å². The first-order valence-corrected chi connectivity index (χ1v) is 55.3. The summed E-state index contributed by atoms with van der Waals surface area (Å²) in [5.41, 5.74) is 11.4. The standard InChI is InChI=1S/3C21H21S.C18H15S.C12H23NO3S.C10H17NO3S.C10H19N.C2H4O2/c3*1-16-4-10-19(11-5-16)22(20-12-6-17(2)7-13-20)21-14-8-18(3)9-15-21;1-4-10-16(11-5-1)19(17-12-6-2-7-13-17)18-14-8-3-9-15-18;14-17(15,16)13(11-7-3-1-4-8-11)12-9-5-2-6-10-12;12-15(13,14)11-10-4-7-1-8(5-10)3-9(2-7)6-10;1-11-8-4-6-9-5-2-3-7-10(9)11;1-2(3)4/h3*4-15H,1-3H3;1-15H;11-12H,1-10H2,(H,14,15,16);7-9,11H,1-6H2,(H,12,13,14);9-10H,2-8H2,1H3;1H3,(H,3,4)/q4*+1;;;;/p-3. The molecule has 7 aliphatic carbocycles. The summed E-state index contributed by atoms with van der Waals surface area (Å²) in [6, 6.07) is 113. The van der Waals surface area contributed by atoms with Gasteiger partial charge in [-0.05, 0) is 342 Å². The number of carboxylic acids is 1. The van der Waals surface area contributed by atoms with Gasteiger partial charge in [0, 0.05) is 29.6 Å². The van der Waals surface area contributed by atoms with Crippen LogP contribution in [0.5, 0.6) is 0 Å². The molecule has 12 aromatic carbocycles. The molecular weight excluding hydrogens is 1740 g/mol. The zero-order valence-corrected chi connectivity index (χ0v) is 84.3. The van der Waals surface area contributed by atoms with Crippen molar-refractivity contribution in [2.24, 2.45) is 23.7 Å². The van der Waals surface area contributed by atoms with E-state index in [-0.39, 0.29) is 61.2 Å². The van der Waals surface area contributed by atoms with Crippen LogP contribution in [0.4, 0.5) is 0 Å². The number of rotatable bonds is 17. The summed E-state index contributed by atoms with van der Waals surface area (Å²) < 4.78 is 70.8. The minimum Gasteiger partial charge on any atom is -0.735 e. The Morgan fingerprint density at radius 2 is 0.523 bits per heavy atom. The van der Waals surface area contributed by atoms with Gasteiger partial charge in [0.05, 0.1) is 43.6 Å². The van der Waals surface area contributed by atoms with E-state index in [0.717, 1.165) is 89.5 Å². The zero-order valence-electron chi connectivity index (χ0n) is 79.4. The molecule has 11 nitrogen and oxygen atoms in total. The van der Waals surface area contributed by atoms with Crippen LogP contribution in [0, 0.1) is 86.0 Å². The topological polar surface area (TPSA) is 173 Å². The summed E-state index contributed by atoms with van der Waals surface area (Å²) in [4.78, 5) is 27.9. The SMILES string of the molecule is CC(=O)[O-].CN1CCCC2CCCCC21.Cc1ccc([S+](c2ccc(C)cc2)c2ccc(C)cc2)cc1.Cc1ccc([S+](c2ccc(C)cc2)c2ccc(C)cc2)cc1.Cc1ccc([S+](c2ccc(C)cc2)c2ccc(C)cc2)cc1.O=S(=O)([O-])N(C1CCCCC1)C1CCCCC1.O=S(=O)([O-])NC12CC3CC(CC(C3)C1)C2.c1ccc([S+](c2ccccc2)c2ccccc2)cc1. The van der Waals surface area contributed by atoms with Crippen molar-refractivity contribution in [1.29, 1.82) is 0 Å². The van der Waals surface area contributed by atoms with Crippen molar-refractivity contribution < 1.29 is 35.8 Å². The quantitative estimate of drug-likeness (QED) is 0.0687. The van der Waals surface area contributed by atoms with Gasteiger partial charge in [0.1, 0.15) is 0 Å². The molecule has 17 heteroatoms. The summed E-state index contributed by atoms with van der Waals surface area (Å²) in [5.74, 6) is 1.95. The van der Waals surface area contributed by atoms with Gasteiger partial charge in [-0.25, -0.2) is 25.9 Å². The zero-order chi connectivity index (χ0) is 93.7. The van der Waals surface area contributed by atoms with Crippen LogP contribution in [0.25, 0.3) is 0 Å². The monoisotopic (exact) mass is 1880 g/mol. The first-order chi connectivity index (χ1) is 63.5. The van der Waals surface area contributed by atoms with Gasteiger partial charge in [-0.1, -0.05) is 265 Å². The number of benzene rings is 12. The highest BCUT2D eigenvalue weighted by Crippen LogP contribution is 2.56. The highest BCUT2D eigenvalue weighted by molar-refractivity contribution is 7.98. The van der Waals surface area contributed by atoms with Gasteiger partial charge in [-0.3, -0.25) is 0 Å². The fourth-order valence-electron chi connectivity index (χ4n) is 20.1. The number of aliphatic carboxylic acids is 1. The molecule has 20 rings (SSSR count). The van der Waals surface area contributed by atoms with E-state index in [1.807, 2.05) is 0 Å². The Kier molecular flexibility index (Phi) is 38.8. The molecule has 1 saturated heterocycles. The van der Waals surface area contributed by atoms with Crippen molar-refractivity contribution in [3.63, 3.8) is 0 Å². The normalized spacial score (nSPS) is 19.3. The second-order valence-corrected chi connectivity index (χ2v) is 47.8. The molecule has 1 aliphatic heterocycles. The highest BCUT2D eigenvalue weighted by atomic mass is 32.2. The molecule has 0 amide bonds. The third-order valence-corrected chi connectivity index (χ3v) is 37.0. The first kappa shape index (κ1) is 102. The van der Waals surface area contributed by atoms with Crippen LogP contribution in [-0.2, 0) is 69.0 Å². The number of aryl methyl sites for hydroxylation is 9. The molecule has 2 atom stereocenters. The average molecular weight is 1880 g/mol. The summed E-state index contributed by atoms with van der Waals surface area (Å²) in [6.45, 7) is 21.6. The summed E-state index contributed by atoms with van der Waals surface area (Å²) in [5, 5.41) is 8.89. The van der Waals surface area contributed by atoms with E-state index in [1.165, 1.54) is 190 Å². The fourth-order valence-corrected chi connectivity index (χ4v) is 30.2. The van der Waals surface area contributed by atoms with Crippen LogP contribution in [0.1, 0.15) is 198 Å². The molecule has 0 radical (unpaired) electrons. The molecule has 8 fully saturated rings. The summed E-state index contributed by atoms with van der Waals surface area (Å²) in [7, 11) is -6.39. The number of likely N-dealkylation sites (tertiary alicyclic amines) is 1. The highest BCUT2D eigenvalue weighted by Gasteiger charge is 2.52. The number of carbonyl (C=O) groups excluding carboxylic acids is 1. The largest absolute Gasteiger partial charge is 0.735 e. The van der Waals surface area contributed by atoms with Crippen molar-refractivity contribution >= 4 is 70.2 Å². The van der Waals surface area contributed by atoms with Gasteiger partial charge < -0.3 is 23.9 Å². The molecule has 132 heavy (non-hydrogen) atoms. The lowest BCUT2D eigenvalue weighted by Crippen LogP contribution is -2.59. The maximum Gasteiger partial charge on any atom is 0.166 e. The van der Waals surface area contributed by atoms with Gasteiger partial charge in [-0.15, -0.1) is 0 Å². The number of carboxylic acid groups (broad SMARTS) is 1. The minimum absolute atomic E-state index is 0.0146. The van der Waals surface area contributed by atoms with Crippen molar-refractivity contribution in [2.75, 3.05) is 13.6 Å². The maximum absolute atomic E-state index is 11.5. The lowest BCUT2D eigenvalue weighted by molar-refractivity contribution is -0.302. The van der Waals surface area contributed by atoms with E-state index in [1.54, 1.807) is 0 Å². The van der Waals surface area contributed by atoms with Crippen molar-refractivity contribution in [1.82, 2.24) is 13.9 Å². The smallest absolute Gasteiger partial charge is 0.166 e. The Morgan fingerprint density at radius 1 is 0.318 bits per heavy atom. The van der Waals surface area contributed by atoms with Crippen LogP contribution in [-0.4, -0.2) is 78.4 Å². The molecule has 0 spiro atoms. The van der Waals surface area contributed by atoms with Gasteiger partial charge in [0.2, 0.25) is 0 Å². The number of nitrogens with one attached hydrogen (secondary N) is 1. The first-order valence-electron chi connectivity index (χ1n) is 47.6. The van der Waals surface area contributed by atoms with E-state index in [4.69, 9.17) is 9.90 Å². The number of carbonyl (C=O) groups is 1. The fraction of sp³-hybridized carbons (Fsp3) is 0.365. The Hall–Kier alpha value is -8.79. The van der Waals surface area contributed by atoms with E-state index in [0.29, 0.717) is 17.8 Å². The molecule has 8 aliphatic rings. The Bertz CT molecular complexity index is 4890. The van der Waals surface area contributed by atoms with Gasteiger partial charge in [-0.2, -0.15) is 0 Å². The number of nitrogens with zero attached hydrogens (tertiary/aromatic N) is 2. The van der Waals surface area contributed by atoms with Crippen LogP contribution in [0.3, 0.4) is 0 Å². The number of hydrogen-bond acceptors (Lipinski definition) is 9. The molecule has 1 N–H and O–H groups in total. The molecule has 7 saturated carbocycles. The third-order valence-electron chi connectivity index (χ3n) is 26.3. The summed E-state index contributed by atoms with van der Waals surface area (Å²) in [6.07, 6.45) is 25.4. The Morgan fingerprint density at radius 3 is 0.735 bits per heavy atom. The lowest BCUT2D eigenvalue weighted by Gasteiger charge is -2.57. The average Bonchev–Trinajstić information content (AvgIpc) is 0.740. The number of piperidine rings is 1. The van der Waals surface area contributed by atoms with Crippen LogP contribution < -0.4 is 9.83 Å². The van der Waals surface area contributed by atoms with Crippen molar-refractivity contribution in [2.45, 2.75) is 293 Å². The molecule has 2 unspecified atom stereocenters. The van der Waals surface area contributed by atoms with Gasteiger partial charge >= 0.3 is 0 Å². The Labute approximate surface area is 803 Å². The van der Waals surface area contributed by atoms with E-state index < -0.39 is 26.6 Å². The van der Waals surface area contributed by atoms with Crippen molar-refractivity contribution in [3.05, 3.63) is 359 Å². The van der Waals surface area contributed by atoms with Gasteiger partial charge in [0.15, 0.2) is 79.4 Å². The molecular formula is C115H138N3O8S6+. The van der Waals surface area contributed by atoms with Gasteiger partial charge in [0.25, 0.3) is 0 Å². The molecule has 696 valence electrons. The lowest BCUT2D eigenvalue weighted by atomic mass is 9.53. The minimum atomic E-state index is -4.29. The molecule has 1 heterocycles. The summed E-state index contributed by atoms with van der Waals surface area (Å²) >= 11 is 0. The second-order valence-electron chi connectivity index (χ2n) is 37.3. The van der Waals surface area contributed by atoms with Crippen LogP contribution in [0.15, 0.2) is 368 Å². The van der Waals surface area contributed by atoms with Crippen LogP contribution in [0.2, 0.25) is 0 Å². The molecule has 0 aromatic heterocycles. The predicted molar refractivity (Wildman–Crippen MR) is 546 cm³/mol. The Balaban J connectivity index is 0.000000139. The van der Waals surface area contributed by atoms with E-state index >= 15 is 0 Å².